The van der Waals surface area contributed by atoms with Gasteiger partial charge in [-0.3, -0.25) is 9.13 Å². The lowest BCUT2D eigenvalue weighted by Gasteiger charge is -2.28. The van der Waals surface area contributed by atoms with Crippen molar-refractivity contribution in [3.8, 4) is 11.5 Å². The van der Waals surface area contributed by atoms with Gasteiger partial charge in [0.2, 0.25) is 0 Å². The third-order valence-electron chi connectivity index (χ3n) is 3.97. The smallest absolute Gasteiger partial charge is 0.168 e. The van der Waals surface area contributed by atoms with E-state index < -0.39 is 5.72 Å². The van der Waals surface area contributed by atoms with E-state index in [1.807, 2.05) is 6.07 Å². The molecule has 7 heteroatoms. The number of imidazole rings is 2. The average molecular weight is 267 g/mol. The molecule has 0 amide bonds. The molecule has 1 aromatic rings. The maximum Gasteiger partial charge on any atom is 0.168 e. The molecule has 2 N–H and O–H groups in total. The molecule has 1 aliphatic carbocycles. The third-order valence-corrected chi connectivity index (χ3v) is 3.97. The minimum absolute atomic E-state index is 0.112. The van der Waals surface area contributed by atoms with Crippen LogP contribution in [0.25, 0.3) is 28.4 Å². The predicted octanol–water partition coefficient (Wildman–Crippen LogP) is 1.08. The van der Waals surface area contributed by atoms with Gasteiger partial charge in [0, 0.05) is 6.42 Å². The van der Waals surface area contributed by atoms with Crippen molar-refractivity contribution in [1.82, 2.24) is 24.1 Å². The van der Waals surface area contributed by atoms with Gasteiger partial charge < -0.3 is 10.2 Å². The number of fused-ring (bicyclic) bond motifs is 5. The van der Waals surface area contributed by atoms with E-state index in [0.717, 1.165) is 5.52 Å². The van der Waals surface area contributed by atoms with Crippen molar-refractivity contribution in [2.24, 2.45) is 0 Å². The standard InChI is InChI=1S/C13H9N5O2/c19-10-1-2-13(20)4-9(10)18-11-7(14-5-15-11)3-8-12(18)16-6-17(8)13/h1,3-6,19-20H,2H2. The van der Waals surface area contributed by atoms with Crippen LogP contribution < -0.4 is 0 Å². The Morgan fingerprint density at radius 3 is 3.05 bits per heavy atom. The van der Waals surface area contributed by atoms with Gasteiger partial charge in [0.15, 0.2) is 17.2 Å². The van der Waals surface area contributed by atoms with E-state index in [0.29, 0.717) is 22.9 Å². The normalized spacial score (nSPS) is 24.1. The van der Waals surface area contributed by atoms with Crippen LogP contribution in [-0.4, -0.2) is 34.3 Å². The maximum absolute atomic E-state index is 10.8. The van der Waals surface area contributed by atoms with Crippen LogP contribution in [0.15, 0.2) is 36.6 Å². The summed E-state index contributed by atoms with van der Waals surface area (Å²) in [5.41, 5.74) is 1.36. The van der Waals surface area contributed by atoms with Gasteiger partial charge in [0.25, 0.3) is 0 Å². The molecule has 6 bridgehead atoms. The average Bonchev–Trinajstić information content (AvgIpc) is 3.03. The Bertz CT molecular complexity index is 918. The Labute approximate surface area is 112 Å². The Hall–Kier alpha value is -2.67. The number of aromatic nitrogens is 5. The lowest BCUT2D eigenvalue weighted by molar-refractivity contribution is 0.0185. The van der Waals surface area contributed by atoms with E-state index in [-0.39, 0.29) is 12.2 Å². The van der Waals surface area contributed by atoms with Crippen LogP contribution in [0.1, 0.15) is 6.42 Å². The number of hydrogen-bond acceptors (Lipinski definition) is 5. The van der Waals surface area contributed by atoms with Gasteiger partial charge in [0.05, 0.1) is 11.2 Å². The quantitative estimate of drug-likeness (QED) is 0.636. The van der Waals surface area contributed by atoms with Crippen LogP contribution in [0.5, 0.6) is 0 Å². The van der Waals surface area contributed by atoms with Gasteiger partial charge in [-0.05, 0) is 18.2 Å². The second-order valence-corrected chi connectivity index (χ2v) is 5.09. The minimum atomic E-state index is -1.23. The summed E-state index contributed by atoms with van der Waals surface area (Å²) in [5, 5.41) is 21.0. The van der Waals surface area contributed by atoms with Crippen LogP contribution in [-0.2, 0) is 5.72 Å². The molecule has 4 heterocycles. The van der Waals surface area contributed by atoms with Gasteiger partial charge in [-0.2, -0.15) is 0 Å². The number of aliphatic hydroxyl groups excluding tert-OH is 1. The minimum Gasteiger partial charge on any atom is -0.506 e. The summed E-state index contributed by atoms with van der Waals surface area (Å²) in [5.74, 6) is 0.724. The summed E-state index contributed by atoms with van der Waals surface area (Å²) in [6.45, 7) is 0. The number of allylic oxidation sites excluding steroid dienone is 1. The highest BCUT2D eigenvalue weighted by molar-refractivity contribution is 5.87. The molecule has 98 valence electrons. The fourth-order valence-electron chi connectivity index (χ4n) is 3.02. The van der Waals surface area contributed by atoms with E-state index >= 15 is 0 Å². The molecule has 20 heavy (non-hydrogen) atoms. The summed E-state index contributed by atoms with van der Waals surface area (Å²) in [7, 11) is 0. The zero-order valence-electron chi connectivity index (χ0n) is 10.2. The van der Waals surface area contributed by atoms with Crippen molar-refractivity contribution in [2.75, 3.05) is 0 Å². The topological polar surface area (TPSA) is 89.0 Å². The van der Waals surface area contributed by atoms with Gasteiger partial charge in [-0.15, -0.1) is 0 Å². The molecular weight excluding hydrogens is 258 g/mol. The summed E-state index contributed by atoms with van der Waals surface area (Å²) in [6.07, 6.45) is 6.61. The molecule has 1 unspecified atom stereocenters. The van der Waals surface area contributed by atoms with Crippen molar-refractivity contribution in [3.63, 3.8) is 0 Å². The number of pyridine rings is 1. The highest BCUT2D eigenvalue weighted by atomic mass is 16.3. The summed E-state index contributed by atoms with van der Waals surface area (Å²) < 4.78 is 3.43. The monoisotopic (exact) mass is 267 g/mol. The molecule has 0 spiro atoms. The van der Waals surface area contributed by atoms with Gasteiger partial charge in [0.1, 0.15) is 24.1 Å². The summed E-state index contributed by atoms with van der Waals surface area (Å²) in [4.78, 5) is 12.8. The Morgan fingerprint density at radius 2 is 2.15 bits per heavy atom. The molecular formula is C13H9N5O2. The van der Waals surface area contributed by atoms with Crippen LogP contribution in [0.3, 0.4) is 0 Å². The number of nitrogens with zero attached hydrogens (tertiary/aromatic N) is 5. The second-order valence-electron chi connectivity index (χ2n) is 5.09. The molecule has 5 rings (SSSR count). The fraction of sp³-hybridized carbons (Fsp3) is 0.154. The SMILES string of the molecule is OC1=CCC2(O)C=C1n1c3ncnc-3cc3c1ncn32. The Morgan fingerprint density at radius 1 is 1.25 bits per heavy atom. The molecule has 0 saturated carbocycles. The van der Waals surface area contributed by atoms with Crippen molar-refractivity contribution in [2.45, 2.75) is 12.1 Å². The molecule has 4 aliphatic rings. The van der Waals surface area contributed by atoms with Gasteiger partial charge >= 0.3 is 0 Å². The first kappa shape index (κ1) is 10.2. The van der Waals surface area contributed by atoms with E-state index in [4.69, 9.17) is 0 Å². The zero-order chi connectivity index (χ0) is 13.5. The molecule has 3 aliphatic heterocycles. The molecule has 7 nitrogen and oxygen atoms in total. The number of hydrogen-bond donors (Lipinski definition) is 2. The second kappa shape index (κ2) is 2.91. The molecule has 0 radical (unpaired) electrons. The van der Waals surface area contributed by atoms with Crippen LogP contribution in [0, 0.1) is 0 Å². The number of aliphatic hydroxyl groups is 2. The van der Waals surface area contributed by atoms with Crippen molar-refractivity contribution >= 4 is 16.9 Å². The summed E-state index contributed by atoms with van der Waals surface area (Å²) in [6, 6.07) is 1.85. The summed E-state index contributed by atoms with van der Waals surface area (Å²) >= 11 is 0. The predicted molar refractivity (Wildman–Crippen MR) is 69.7 cm³/mol. The molecule has 0 saturated heterocycles. The molecule has 0 fully saturated rings. The number of rotatable bonds is 0. The Balaban J connectivity index is 2.08. The molecule has 0 aromatic carbocycles. The third kappa shape index (κ3) is 0.958. The van der Waals surface area contributed by atoms with Gasteiger partial charge in [-0.1, -0.05) is 0 Å². The highest BCUT2D eigenvalue weighted by Crippen LogP contribution is 2.41. The lowest BCUT2D eigenvalue weighted by atomic mass is 10.0. The molecule has 1 aromatic heterocycles. The highest BCUT2D eigenvalue weighted by Gasteiger charge is 2.37. The first-order valence-electron chi connectivity index (χ1n) is 6.22. The van der Waals surface area contributed by atoms with E-state index in [1.165, 1.54) is 6.33 Å². The first-order chi connectivity index (χ1) is 9.67. The van der Waals surface area contributed by atoms with Crippen LogP contribution in [0.4, 0.5) is 0 Å². The van der Waals surface area contributed by atoms with Crippen LogP contribution >= 0.6 is 0 Å². The largest absolute Gasteiger partial charge is 0.506 e. The lowest BCUT2D eigenvalue weighted by Crippen LogP contribution is -2.32. The maximum atomic E-state index is 10.8. The van der Waals surface area contributed by atoms with Crippen molar-refractivity contribution < 1.29 is 10.2 Å². The van der Waals surface area contributed by atoms with Gasteiger partial charge in [-0.25, -0.2) is 15.0 Å². The first-order valence-corrected chi connectivity index (χ1v) is 6.22. The van der Waals surface area contributed by atoms with E-state index in [1.54, 1.807) is 27.6 Å². The molecule has 1 atom stereocenters. The van der Waals surface area contributed by atoms with Crippen molar-refractivity contribution in [3.05, 3.63) is 36.6 Å². The zero-order valence-corrected chi connectivity index (χ0v) is 10.2. The van der Waals surface area contributed by atoms with E-state index in [2.05, 4.69) is 15.0 Å². The Kier molecular flexibility index (Phi) is 1.48. The van der Waals surface area contributed by atoms with Crippen LogP contribution in [0.2, 0.25) is 0 Å². The van der Waals surface area contributed by atoms with E-state index in [9.17, 15) is 10.2 Å². The fourth-order valence-corrected chi connectivity index (χ4v) is 3.02. The van der Waals surface area contributed by atoms with Crippen molar-refractivity contribution in [1.29, 1.82) is 0 Å².